The highest BCUT2D eigenvalue weighted by Crippen LogP contribution is 2.26. The summed E-state index contributed by atoms with van der Waals surface area (Å²) in [7, 11) is 0. The van der Waals surface area contributed by atoms with Gasteiger partial charge in [-0.1, -0.05) is 19.8 Å². The fourth-order valence-electron chi connectivity index (χ4n) is 3.78. The van der Waals surface area contributed by atoms with Crippen molar-refractivity contribution in [2.45, 2.75) is 39.5 Å². The first-order chi connectivity index (χ1) is 17.8. The van der Waals surface area contributed by atoms with Crippen LogP contribution in [0.25, 0.3) is 0 Å². The van der Waals surface area contributed by atoms with Gasteiger partial charge in [0.25, 0.3) is 5.91 Å². The molecule has 2 N–H and O–H groups in total. The second kappa shape index (κ2) is 13.2. The molecule has 2 aromatic carbocycles. The van der Waals surface area contributed by atoms with Crippen molar-refractivity contribution < 1.29 is 33.4 Å². The van der Waals surface area contributed by atoms with Crippen LogP contribution < -0.4 is 15.5 Å². The summed E-state index contributed by atoms with van der Waals surface area (Å²) in [5.74, 6) is -2.75. The van der Waals surface area contributed by atoms with Crippen molar-refractivity contribution in [3.05, 3.63) is 54.1 Å². The highest BCUT2D eigenvalue weighted by atomic mass is 16.5. The number of unbranched alkanes of at least 4 members (excludes halogenated alkanes) is 2. The summed E-state index contributed by atoms with van der Waals surface area (Å²) in [5, 5.41) is 5.22. The SMILES string of the molecule is CCCCCOC(=O)c1ccc(N2C[C@H](C(=O)OCC(=O)Nc3ccc(NC(C)=O)cc3)CC2=O)cc1. The molecule has 3 rings (SSSR count). The largest absolute Gasteiger partial charge is 0.462 e. The number of nitrogens with zero attached hydrogens (tertiary/aromatic N) is 1. The van der Waals surface area contributed by atoms with E-state index in [1.165, 1.54) is 11.8 Å². The van der Waals surface area contributed by atoms with Crippen LogP contribution >= 0.6 is 0 Å². The lowest BCUT2D eigenvalue weighted by Gasteiger charge is -2.17. The molecule has 0 bridgehead atoms. The second-order valence-corrected chi connectivity index (χ2v) is 8.71. The van der Waals surface area contributed by atoms with Gasteiger partial charge in [0.1, 0.15) is 0 Å². The van der Waals surface area contributed by atoms with Gasteiger partial charge in [0.05, 0.1) is 18.1 Å². The average molecular weight is 510 g/mol. The predicted molar refractivity (Wildman–Crippen MR) is 137 cm³/mol. The number of hydrogen-bond acceptors (Lipinski definition) is 7. The lowest BCUT2D eigenvalue weighted by Crippen LogP contribution is -2.28. The lowest BCUT2D eigenvalue weighted by atomic mass is 10.1. The van der Waals surface area contributed by atoms with Gasteiger partial charge in [0.2, 0.25) is 11.8 Å². The number of rotatable bonds is 11. The predicted octanol–water partition coefficient (Wildman–Crippen LogP) is 3.53. The highest BCUT2D eigenvalue weighted by Gasteiger charge is 2.36. The zero-order valence-electron chi connectivity index (χ0n) is 21.0. The van der Waals surface area contributed by atoms with E-state index in [2.05, 4.69) is 17.6 Å². The van der Waals surface area contributed by atoms with Crippen molar-refractivity contribution in [2.24, 2.45) is 5.92 Å². The van der Waals surface area contributed by atoms with Gasteiger partial charge in [0.15, 0.2) is 6.61 Å². The van der Waals surface area contributed by atoms with Crippen molar-refractivity contribution in [3.63, 3.8) is 0 Å². The molecule has 1 fully saturated rings. The Balaban J connectivity index is 1.46. The summed E-state index contributed by atoms with van der Waals surface area (Å²) >= 11 is 0. The summed E-state index contributed by atoms with van der Waals surface area (Å²) in [6.07, 6.45) is 2.81. The zero-order valence-corrected chi connectivity index (χ0v) is 21.0. The third kappa shape index (κ3) is 8.16. The van der Waals surface area contributed by atoms with E-state index in [9.17, 15) is 24.0 Å². The topological polar surface area (TPSA) is 131 Å². The number of ether oxygens (including phenoxy) is 2. The molecule has 0 unspecified atom stereocenters. The Morgan fingerprint density at radius 1 is 0.919 bits per heavy atom. The molecule has 10 nitrogen and oxygen atoms in total. The normalized spacial score (nSPS) is 14.7. The van der Waals surface area contributed by atoms with Crippen LogP contribution in [0.4, 0.5) is 17.1 Å². The summed E-state index contributed by atoms with van der Waals surface area (Å²) in [6.45, 7) is 3.45. The minimum atomic E-state index is -0.708. The molecule has 2 aromatic rings. The number of hydrogen-bond donors (Lipinski definition) is 2. The molecule has 10 heteroatoms. The second-order valence-electron chi connectivity index (χ2n) is 8.71. The maximum absolute atomic E-state index is 12.5. The third-order valence-corrected chi connectivity index (χ3v) is 5.69. The molecule has 0 aromatic heterocycles. The lowest BCUT2D eigenvalue weighted by molar-refractivity contribution is -0.151. The number of amides is 3. The monoisotopic (exact) mass is 509 g/mol. The summed E-state index contributed by atoms with van der Waals surface area (Å²) in [5.41, 5.74) is 2.01. The van der Waals surface area contributed by atoms with Crippen molar-refractivity contribution >= 4 is 46.7 Å². The van der Waals surface area contributed by atoms with Crippen LogP contribution in [0.5, 0.6) is 0 Å². The summed E-state index contributed by atoms with van der Waals surface area (Å²) in [6, 6.07) is 12.9. The first-order valence-electron chi connectivity index (χ1n) is 12.2. The maximum Gasteiger partial charge on any atom is 0.338 e. The van der Waals surface area contributed by atoms with Crippen LogP contribution in [0.15, 0.2) is 48.5 Å². The van der Waals surface area contributed by atoms with Gasteiger partial charge in [0, 0.05) is 37.0 Å². The van der Waals surface area contributed by atoms with Gasteiger partial charge in [-0.2, -0.15) is 0 Å². The van der Waals surface area contributed by atoms with E-state index >= 15 is 0 Å². The van der Waals surface area contributed by atoms with E-state index < -0.39 is 30.4 Å². The molecule has 1 heterocycles. The summed E-state index contributed by atoms with van der Waals surface area (Å²) in [4.78, 5) is 61.8. The van der Waals surface area contributed by atoms with Gasteiger partial charge < -0.3 is 25.0 Å². The van der Waals surface area contributed by atoms with E-state index in [1.807, 2.05) is 0 Å². The Morgan fingerprint density at radius 2 is 1.57 bits per heavy atom. The number of benzene rings is 2. The van der Waals surface area contributed by atoms with Crippen LogP contribution in [0.3, 0.4) is 0 Å². The molecule has 37 heavy (non-hydrogen) atoms. The van der Waals surface area contributed by atoms with Crippen molar-refractivity contribution in [2.75, 3.05) is 35.3 Å². The first kappa shape index (κ1) is 27.4. The van der Waals surface area contributed by atoms with Crippen molar-refractivity contribution in [1.29, 1.82) is 0 Å². The molecule has 0 aliphatic carbocycles. The molecular formula is C27H31N3O7. The molecule has 1 aliphatic heterocycles. The molecule has 0 saturated carbocycles. The van der Waals surface area contributed by atoms with E-state index in [0.717, 1.165) is 19.3 Å². The number of anilines is 3. The van der Waals surface area contributed by atoms with Crippen LogP contribution in [0.2, 0.25) is 0 Å². The number of carbonyl (C=O) groups excluding carboxylic acids is 5. The number of esters is 2. The smallest absolute Gasteiger partial charge is 0.338 e. The molecular weight excluding hydrogens is 478 g/mol. The third-order valence-electron chi connectivity index (χ3n) is 5.69. The minimum absolute atomic E-state index is 0.0354. The molecule has 1 aliphatic rings. The average Bonchev–Trinajstić information content (AvgIpc) is 3.27. The Morgan fingerprint density at radius 3 is 2.19 bits per heavy atom. The van der Waals surface area contributed by atoms with E-state index in [4.69, 9.17) is 9.47 Å². The molecule has 0 radical (unpaired) electrons. The Labute approximate surface area is 215 Å². The standard InChI is InChI=1S/C27H31N3O7/c1-3-4-5-14-36-26(34)19-6-12-23(13-7-19)30-16-20(15-25(30)33)27(35)37-17-24(32)29-22-10-8-21(9-11-22)28-18(2)31/h6-13,20H,3-5,14-17H2,1-2H3,(H,28,31)(H,29,32)/t20-/m1/s1. The first-order valence-corrected chi connectivity index (χ1v) is 12.2. The van der Waals surface area contributed by atoms with Crippen LogP contribution in [-0.2, 0) is 28.7 Å². The van der Waals surface area contributed by atoms with Crippen LogP contribution in [-0.4, -0.2) is 49.4 Å². The van der Waals surface area contributed by atoms with Gasteiger partial charge in [-0.3, -0.25) is 19.2 Å². The fraction of sp³-hybridized carbons (Fsp3) is 0.370. The van der Waals surface area contributed by atoms with Gasteiger partial charge in [-0.25, -0.2) is 4.79 Å². The van der Waals surface area contributed by atoms with E-state index in [-0.39, 0.29) is 24.8 Å². The molecule has 3 amide bonds. The fourth-order valence-corrected chi connectivity index (χ4v) is 3.78. The molecule has 1 atom stereocenters. The minimum Gasteiger partial charge on any atom is -0.462 e. The van der Waals surface area contributed by atoms with Gasteiger partial charge >= 0.3 is 11.9 Å². The zero-order chi connectivity index (χ0) is 26.8. The van der Waals surface area contributed by atoms with E-state index in [1.54, 1.807) is 48.5 Å². The number of carbonyl (C=O) groups is 5. The molecule has 0 spiro atoms. The molecule has 196 valence electrons. The highest BCUT2D eigenvalue weighted by molar-refractivity contribution is 6.00. The van der Waals surface area contributed by atoms with Crippen molar-refractivity contribution in [1.82, 2.24) is 0 Å². The van der Waals surface area contributed by atoms with E-state index in [0.29, 0.717) is 29.2 Å². The van der Waals surface area contributed by atoms with Gasteiger partial charge in [-0.15, -0.1) is 0 Å². The Hall–Kier alpha value is -4.21. The summed E-state index contributed by atoms with van der Waals surface area (Å²) < 4.78 is 10.4. The maximum atomic E-state index is 12.5. The number of nitrogens with one attached hydrogen (secondary N) is 2. The van der Waals surface area contributed by atoms with Crippen LogP contribution in [0.1, 0.15) is 49.9 Å². The Bertz CT molecular complexity index is 1130. The quantitative estimate of drug-likeness (QED) is 0.350. The van der Waals surface area contributed by atoms with Gasteiger partial charge in [-0.05, 0) is 55.0 Å². The Kier molecular flexibility index (Phi) is 9.76. The molecule has 1 saturated heterocycles. The van der Waals surface area contributed by atoms with Crippen molar-refractivity contribution in [3.8, 4) is 0 Å². The van der Waals surface area contributed by atoms with Crippen LogP contribution in [0, 0.1) is 5.92 Å².